The molecule has 0 spiro atoms. The van der Waals surface area contributed by atoms with Crippen molar-refractivity contribution in [2.45, 2.75) is 68.7 Å². The minimum Gasteiger partial charge on any atom is -0.354 e. The molecule has 6 aromatic carbocycles. The molecule has 0 unspecified atom stereocenters. The van der Waals surface area contributed by atoms with Crippen molar-refractivity contribution in [1.82, 2.24) is 9.55 Å². The van der Waals surface area contributed by atoms with Gasteiger partial charge >= 0.3 is 0 Å². The van der Waals surface area contributed by atoms with Crippen molar-refractivity contribution in [1.29, 1.82) is 0 Å². The lowest BCUT2D eigenvalue weighted by molar-refractivity contribution is 1.09. The molecule has 0 amide bonds. The summed E-state index contributed by atoms with van der Waals surface area (Å²) in [6, 6.07) is 52.8. The van der Waals surface area contributed by atoms with E-state index >= 15 is 0 Å². The van der Waals surface area contributed by atoms with Gasteiger partial charge in [0.05, 0.1) is 5.52 Å². The maximum absolute atomic E-state index is 4.28. The van der Waals surface area contributed by atoms with Crippen molar-refractivity contribution in [3.8, 4) is 16.8 Å². The molecular weight excluding hydrogens is 725 g/mol. The number of rotatable bonds is 7. The van der Waals surface area contributed by atoms with Crippen LogP contribution in [0.5, 0.6) is 0 Å². The normalized spacial score (nSPS) is 10.8. The Labute approximate surface area is 361 Å². The van der Waals surface area contributed by atoms with Crippen LogP contribution in [0.2, 0.25) is 0 Å². The number of aromatic nitrogens is 2. The van der Waals surface area contributed by atoms with Gasteiger partial charge in [-0.2, -0.15) is 0 Å². The van der Waals surface area contributed by atoms with Gasteiger partial charge in [0.2, 0.25) is 0 Å². The van der Waals surface area contributed by atoms with Crippen LogP contribution < -0.4 is 0 Å². The van der Waals surface area contributed by atoms with E-state index < -0.39 is 0 Å². The molecule has 2 heteroatoms. The summed E-state index contributed by atoms with van der Waals surface area (Å²) in [7, 11) is 0. The van der Waals surface area contributed by atoms with Gasteiger partial charge in [-0.1, -0.05) is 218 Å². The number of allylic oxidation sites excluding steroid dienone is 7. The van der Waals surface area contributed by atoms with Gasteiger partial charge in [0.1, 0.15) is 0 Å². The highest BCUT2D eigenvalue weighted by atomic mass is 15.0. The Hall–Kier alpha value is -6.64. The SMILES string of the molecule is C/C=C\C.C=C/C(=C/c1cccc2c1c(/C=C\C=C/C)cn2-c1ccccc1)c1ccccc1-c1cccc2[nH]c3ccccc3c12.CC.CC.CCC.c1ccccc1. The zero-order valence-corrected chi connectivity index (χ0v) is 37.5. The fourth-order valence-corrected chi connectivity index (χ4v) is 6.56. The molecule has 0 saturated carbocycles. The van der Waals surface area contributed by atoms with Crippen LogP contribution in [0, 0.1) is 0 Å². The Bertz CT molecular complexity index is 2520. The van der Waals surface area contributed by atoms with Crippen molar-refractivity contribution in [3.05, 3.63) is 218 Å². The molecule has 0 saturated heterocycles. The van der Waals surface area contributed by atoms with Crippen LogP contribution in [0.4, 0.5) is 0 Å². The standard InChI is InChI=1S/C41H32N2.C6H6.C4H8.C3H8.2C2H6/c1-3-5-7-16-31-28-43(32-18-8-6-9-19-32)39-26-14-17-30(40(31)39)27-29(4-2)33-20-10-11-21-34(33)35-23-15-25-38-41(35)36-22-12-13-24-37(36)42-38;1-2-4-6-5-3-1;1-3-4-2;1-3-2;2*1-2/h3-28,42H,2H2,1H3;1-6H;3-4H,1-2H3;3H2,1-2H3;2*1-2H3/b5-3-,16-7-,29-27-;;4-3-;;;. The summed E-state index contributed by atoms with van der Waals surface area (Å²) >= 11 is 0. The minimum absolute atomic E-state index is 1.08. The molecule has 0 fully saturated rings. The smallest absolute Gasteiger partial charge is 0.0540 e. The molecule has 8 aromatic rings. The quantitative estimate of drug-likeness (QED) is 0.0943. The van der Waals surface area contributed by atoms with E-state index in [9.17, 15) is 0 Å². The highest BCUT2D eigenvalue weighted by molar-refractivity contribution is 6.15. The van der Waals surface area contributed by atoms with E-state index in [-0.39, 0.29) is 0 Å². The number of para-hydroxylation sites is 2. The van der Waals surface area contributed by atoms with E-state index in [2.05, 4.69) is 182 Å². The van der Waals surface area contributed by atoms with Crippen LogP contribution in [0.3, 0.4) is 0 Å². The van der Waals surface area contributed by atoms with Gasteiger partial charge in [0, 0.05) is 44.6 Å². The van der Waals surface area contributed by atoms with Gasteiger partial charge in [-0.25, -0.2) is 0 Å². The van der Waals surface area contributed by atoms with Gasteiger partial charge in [-0.15, -0.1) is 0 Å². The predicted molar refractivity (Wildman–Crippen MR) is 272 cm³/mol. The first-order valence-electron chi connectivity index (χ1n) is 21.6. The molecule has 2 aromatic heterocycles. The van der Waals surface area contributed by atoms with Crippen LogP contribution in [-0.4, -0.2) is 9.55 Å². The molecule has 2 heterocycles. The second kappa shape index (κ2) is 27.1. The highest BCUT2D eigenvalue weighted by Gasteiger charge is 2.16. The van der Waals surface area contributed by atoms with Gasteiger partial charge in [-0.05, 0) is 85.0 Å². The Kier molecular flexibility index (Phi) is 21.6. The van der Waals surface area contributed by atoms with Gasteiger partial charge < -0.3 is 9.55 Å². The predicted octanol–water partition coefficient (Wildman–Crippen LogP) is 18.0. The Morgan fingerprint density at radius 1 is 0.550 bits per heavy atom. The highest BCUT2D eigenvalue weighted by Crippen LogP contribution is 2.39. The molecule has 0 aliphatic heterocycles. The number of nitrogens with zero attached hydrogens (tertiary/aromatic N) is 1. The van der Waals surface area contributed by atoms with E-state index in [1.807, 2.05) is 103 Å². The number of hydrogen-bond acceptors (Lipinski definition) is 0. The first-order chi connectivity index (χ1) is 29.6. The maximum atomic E-state index is 4.28. The van der Waals surface area contributed by atoms with Crippen LogP contribution in [0.1, 0.15) is 85.4 Å². The van der Waals surface area contributed by atoms with Gasteiger partial charge in [0.25, 0.3) is 0 Å². The van der Waals surface area contributed by atoms with E-state index in [4.69, 9.17) is 0 Å². The topological polar surface area (TPSA) is 20.7 Å². The number of fused-ring (bicyclic) bond motifs is 4. The third-order valence-electron chi connectivity index (χ3n) is 9.09. The van der Waals surface area contributed by atoms with Crippen LogP contribution in [0.15, 0.2) is 201 Å². The van der Waals surface area contributed by atoms with Gasteiger partial charge in [0.15, 0.2) is 0 Å². The molecule has 8 rings (SSSR count). The van der Waals surface area contributed by atoms with Crippen LogP contribution in [0.25, 0.3) is 67.2 Å². The second-order valence-electron chi connectivity index (χ2n) is 13.2. The monoisotopic (exact) mass is 791 g/mol. The zero-order valence-electron chi connectivity index (χ0n) is 37.5. The summed E-state index contributed by atoms with van der Waals surface area (Å²) in [4.78, 5) is 3.61. The maximum Gasteiger partial charge on any atom is 0.0540 e. The average molecular weight is 791 g/mol. The summed E-state index contributed by atoms with van der Waals surface area (Å²) in [5.74, 6) is 0. The Balaban J connectivity index is 0.000000483. The first-order valence-corrected chi connectivity index (χ1v) is 21.6. The molecule has 0 aliphatic rings. The van der Waals surface area contributed by atoms with E-state index in [0.717, 1.165) is 33.4 Å². The summed E-state index contributed by atoms with van der Waals surface area (Å²) in [5.41, 5.74) is 11.5. The molecule has 2 nitrogen and oxygen atoms in total. The number of nitrogens with one attached hydrogen (secondary N) is 1. The van der Waals surface area contributed by atoms with Crippen molar-refractivity contribution < 1.29 is 0 Å². The number of aromatic amines is 1. The molecule has 308 valence electrons. The fraction of sp³-hybridized carbons (Fsp3) is 0.172. The first kappa shape index (κ1) is 47.7. The summed E-state index contributed by atoms with van der Waals surface area (Å²) in [6.45, 7) is 22.6. The van der Waals surface area contributed by atoms with Gasteiger partial charge in [-0.3, -0.25) is 0 Å². The average Bonchev–Trinajstić information content (AvgIpc) is 3.90. The minimum atomic E-state index is 1.08. The largest absolute Gasteiger partial charge is 0.354 e. The molecule has 1 N–H and O–H groups in total. The molecule has 0 bridgehead atoms. The summed E-state index contributed by atoms with van der Waals surface area (Å²) in [6.07, 6.45) is 20.2. The van der Waals surface area contributed by atoms with Crippen molar-refractivity contribution in [2.24, 2.45) is 0 Å². The summed E-state index contributed by atoms with van der Waals surface area (Å²) < 4.78 is 2.28. The zero-order chi connectivity index (χ0) is 43.5. The molecule has 60 heavy (non-hydrogen) atoms. The Morgan fingerprint density at radius 2 is 1.10 bits per heavy atom. The van der Waals surface area contributed by atoms with Crippen LogP contribution >= 0.6 is 0 Å². The molecule has 0 atom stereocenters. The third-order valence-corrected chi connectivity index (χ3v) is 9.09. The van der Waals surface area contributed by atoms with E-state index in [0.29, 0.717) is 0 Å². The molecular formula is C58H66N2. The van der Waals surface area contributed by atoms with E-state index in [1.165, 1.54) is 44.8 Å². The number of hydrogen-bond donors (Lipinski definition) is 1. The molecule has 0 radical (unpaired) electrons. The van der Waals surface area contributed by atoms with Crippen molar-refractivity contribution >= 4 is 50.4 Å². The lowest BCUT2D eigenvalue weighted by Crippen LogP contribution is -1.91. The summed E-state index contributed by atoms with van der Waals surface area (Å²) in [5, 5.41) is 3.69. The molecule has 0 aliphatic carbocycles. The fourth-order valence-electron chi connectivity index (χ4n) is 6.56. The van der Waals surface area contributed by atoms with Crippen molar-refractivity contribution in [3.63, 3.8) is 0 Å². The second-order valence-corrected chi connectivity index (χ2v) is 13.2. The van der Waals surface area contributed by atoms with Crippen molar-refractivity contribution in [2.75, 3.05) is 0 Å². The third kappa shape index (κ3) is 12.7. The Morgan fingerprint density at radius 3 is 1.73 bits per heavy atom. The van der Waals surface area contributed by atoms with Crippen LogP contribution in [-0.2, 0) is 0 Å². The van der Waals surface area contributed by atoms with E-state index in [1.54, 1.807) is 0 Å². The number of H-pyrrole nitrogens is 1. The lowest BCUT2D eigenvalue weighted by atomic mass is 9.90. The number of benzene rings is 6. The lowest BCUT2D eigenvalue weighted by Gasteiger charge is -2.13.